The van der Waals surface area contributed by atoms with E-state index in [1.807, 2.05) is 0 Å². The van der Waals surface area contributed by atoms with Gasteiger partial charge in [-0.05, 0) is 6.42 Å². The normalized spacial score (nSPS) is 13.8. The van der Waals surface area contributed by atoms with Crippen molar-refractivity contribution in [2.45, 2.75) is 25.2 Å². The number of hydrogen-bond acceptors (Lipinski definition) is 0. The first-order chi connectivity index (χ1) is 5.81. The van der Waals surface area contributed by atoms with Crippen LogP contribution in [0.1, 0.15) is 13.3 Å². The van der Waals surface area contributed by atoms with Crippen molar-refractivity contribution >= 4 is 0 Å². The summed E-state index contributed by atoms with van der Waals surface area (Å²) in [7, 11) is 0. The monoisotopic (exact) mass is 208 g/mol. The Morgan fingerprint density at radius 2 is 1.23 bits per heavy atom. The zero-order chi connectivity index (χ0) is 10.7. The summed E-state index contributed by atoms with van der Waals surface area (Å²) in [6.45, 7) is -3.35. The van der Waals surface area contributed by atoms with E-state index in [0.717, 1.165) is 6.92 Å². The van der Waals surface area contributed by atoms with E-state index in [0.29, 0.717) is 0 Å². The van der Waals surface area contributed by atoms with Gasteiger partial charge < -0.3 is 0 Å². The fraction of sp³-hybridized carbons (Fsp3) is 1.00. The number of halogens is 6. The molecule has 0 rings (SSSR count). The smallest absolute Gasteiger partial charge is 0.244 e. The molecule has 0 bridgehead atoms. The maximum Gasteiger partial charge on any atom is 0.284 e. The van der Waals surface area contributed by atoms with Crippen LogP contribution in [0.5, 0.6) is 0 Å². The van der Waals surface area contributed by atoms with Crippen molar-refractivity contribution in [2.75, 3.05) is 13.3 Å². The Balaban J connectivity index is 4.69. The molecule has 0 amide bonds. The molecule has 0 saturated heterocycles. The summed E-state index contributed by atoms with van der Waals surface area (Å²) in [5, 5.41) is 0. The molecule has 0 nitrogen and oxygen atoms in total. The predicted octanol–water partition coefficient (Wildman–Crippen LogP) is 3.22. The third-order valence-corrected chi connectivity index (χ3v) is 1.78. The lowest BCUT2D eigenvalue weighted by atomic mass is 9.92. The summed E-state index contributed by atoms with van der Waals surface area (Å²) in [4.78, 5) is 0. The summed E-state index contributed by atoms with van der Waals surface area (Å²) in [6.07, 6.45) is -0.673. The molecule has 0 radical (unpaired) electrons. The molecule has 80 valence electrons. The van der Waals surface area contributed by atoms with Crippen LogP contribution in [0.2, 0.25) is 0 Å². The lowest BCUT2D eigenvalue weighted by molar-refractivity contribution is -0.186. The van der Waals surface area contributed by atoms with E-state index in [4.69, 9.17) is 0 Å². The van der Waals surface area contributed by atoms with E-state index in [-0.39, 0.29) is 0 Å². The summed E-state index contributed by atoms with van der Waals surface area (Å²) in [6, 6.07) is 0. The first-order valence-corrected chi connectivity index (χ1v) is 3.69. The highest BCUT2D eigenvalue weighted by atomic mass is 19.3. The minimum absolute atomic E-state index is 0.673. The first-order valence-electron chi connectivity index (χ1n) is 3.69. The van der Waals surface area contributed by atoms with Gasteiger partial charge >= 0.3 is 0 Å². The van der Waals surface area contributed by atoms with Gasteiger partial charge in [-0.15, -0.1) is 0 Å². The molecule has 0 aromatic heterocycles. The van der Waals surface area contributed by atoms with Crippen LogP contribution in [0.4, 0.5) is 26.3 Å². The van der Waals surface area contributed by atoms with Gasteiger partial charge in [0.1, 0.15) is 0 Å². The van der Waals surface area contributed by atoms with Crippen molar-refractivity contribution in [2.24, 2.45) is 5.92 Å². The maximum absolute atomic E-state index is 12.5. The van der Waals surface area contributed by atoms with Crippen molar-refractivity contribution in [1.82, 2.24) is 0 Å². The van der Waals surface area contributed by atoms with Crippen LogP contribution >= 0.6 is 0 Å². The molecular formula is C7H10F6. The molecule has 0 fully saturated rings. The van der Waals surface area contributed by atoms with Crippen molar-refractivity contribution in [3.8, 4) is 0 Å². The average molecular weight is 208 g/mol. The molecule has 0 N–H and O–H groups in total. The van der Waals surface area contributed by atoms with Gasteiger partial charge in [0.2, 0.25) is 0 Å². The lowest BCUT2D eigenvalue weighted by Gasteiger charge is -2.29. The van der Waals surface area contributed by atoms with Crippen LogP contribution in [-0.4, -0.2) is 25.2 Å². The molecule has 6 heteroatoms. The number of rotatable bonds is 5. The van der Waals surface area contributed by atoms with Crippen molar-refractivity contribution in [3.63, 3.8) is 0 Å². The summed E-state index contributed by atoms with van der Waals surface area (Å²) in [5.74, 6) is -10.9. The van der Waals surface area contributed by atoms with Crippen LogP contribution in [0.3, 0.4) is 0 Å². The molecule has 0 heterocycles. The quantitative estimate of drug-likeness (QED) is 0.608. The Bertz CT molecular complexity index is 139. The van der Waals surface area contributed by atoms with Crippen LogP contribution in [0.25, 0.3) is 0 Å². The second kappa shape index (κ2) is 4.19. The van der Waals surface area contributed by atoms with E-state index < -0.39 is 37.5 Å². The molecule has 0 saturated carbocycles. The van der Waals surface area contributed by atoms with Crippen LogP contribution in [-0.2, 0) is 0 Å². The molecule has 0 aliphatic heterocycles. The molecule has 0 aliphatic carbocycles. The van der Waals surface area contributed by atoms with Crippen molar-refractivity contribution < 1.29 is 26.3 Å². The number of hydrogen-bond donors (Lipinski definition) is 0. The van der Waals surface area contributed by atoms with Crippen molar-refractivity contribution in [3.05, 3.63) is 0 Å². The zero-order valence-corrected chi connectivity index (χ0v) is 6.97. The van der Waals surface area contributed by atoms with E-state index in [2.05, 4.69) is 0 Å². The molecule has 0 unspecified atom stereocenters. The maximum atomic E-state index is 12.5. The molecular weight excluding hydrogens is 198 g/mol. The Morgan fingerprint density at radius 1 is 0.923 bits per heavy atom. The summed E-state index contributed by atoms with van der Waals surface area (Å²) in [5.41, 5.74) is 0. The minimum Gasteiger partial charge on any atom is -0.244 e. The van der Waals surface area contributed by atoms with Gasteiger partial charge in [0.05, 0.1) is 5.92 Å². The molecule has 0 aromatic carbocycles. The average Bonchev–Trinajstić information content (AvgIpc) is 2.05. The van der Waals surface area contributed by atoms with Gasteiger partial charge in [-0.1, -0.05) is 6.92 Å². The molecule has 0 atom stereocenters. The van der Waals surface area contributed by atoms with Gasteiger partial charge in [-0.25, -0.2) is 26.3 Å². The van der Waals surface area contributed by atoms with Crippen LogP contribution < -0.4 is 0 Å². The summed E-state index contributed by atoms with van der Waals surface area (Å²) >= 11 is 0. The largest absolute Gasteiger partial charge is 0.284 e. The Labute approximate surface area is 71.9 Å². The van der Waals surface area contributed by atoms with Crippen LogP contribution in [0.15, 0.2) is 0 Å². The van der Waals surface area contributed by atoms with Gasteiger partial charge in [-0.2, -0.15) is 0 Å². The van der Waals surface area contributed by atoms with Gasteiger partial charge in [-0.3, -0.25) is 0 Å². The molecule has 0 aromatic rings. The van der Waals surface area contributed by atoms with Gasteiger partial charge in [0.25, 0.3) is 11.8 Å². The van der Waals surface area contributed by atoms with Gasteiger partial charge in [0, 0.05) is 0 Å². The van der Waals surface area contributed by atoms with E-state index in [9.17, 15) is 26.3 Å². The van der Waals surface area contributed by atoms with Gasteiger partial charge in [0.15, 0.2) is 13.3 Å². The Kier molecular flexibility index (Phi) is 4.06. The highest BCUT2D eigenvalue weighted by molar-refractivity contribution is 4.86. The fourth-order valence-electron chi connectivity index (χ4n) is 1.09. The Morgan fingerprint density at radius 3 is 1.38 bits per heavy atom. The number of alkyl halides is 6. The predicted molar refractivity (Wildman–Crippen MR) is 35.6 cm³/mol. The summed E-state index contributed by atoms with van der Waals surface area (Å²) < 4.78 is 73.3. The molecule has 0 aliphatic rings. The highest BCUT2D eigenvalue weighted by Gasteiger charge is 2.53. The minimum atomic E-state index is -4.16. The molecule has 0 spiro atoms. The fourth-order valence-corrected chi connectivity index (χ4v) is 1.09. The Hall–Kier alpha value is -0.420. The first kappa shape index (κ1) is 12.6. The molecule has 13 heavy (non-hydrogen) atoms. The zero-order valence-electron chi connectivity index (χ0n) is 6.97. The third kappa shape index (κ3) is 2.77. The second-order valence-electron chi connectivity index (χ2n) is 2.75. The second-order valence-corrected chi connectivity index (χ2v) is 2.75. The lowest BCUT2D eigenvalue weighted by Crippen LogP contribution is -2.44. The van der Waals surface area contributed by atoms with E-state index in [1.165, 1.54) is 0 Å². The third-order valence-electron chi connectivity index (χ3n) is 1.78. The van der Waals surface area contributed by atoms with Crippen molar-refractivity contribution in [1.29, 1.82) is 0 Å². The SMILES string of the molecule is CCC(C(F)(F)CF)C(F)(F)CF. The standard InChI is InChI=1S/C7H10F6/c1-2-5(6(10,11)3-8)7(12,13)4-9/h5H,2-4H2,1H3. The topological polar surface area (TPSA) is 0 Å². The van der Waals surface area contributed by atoms with E-state index in [1.54, 1.807) is 0 Å². The van der Waals surface area contributed by atoms with E-state index >= 15 is 0 Å². The highest BCUT2D eigenvalue weighted by Crippen LogP contribution is 2.39. The van der Waals surface area contributed by atoms with Crippen LogP contribution in [0, 0.1) is 5.92 Å².